The van der Waals surface area contributed by atoms with Gasteiger partial charge in [-0.05, 0) is 12.1 Å². The van der Waals surface area contributed by atoms with Crippen LogP contribution in [0.3, 0.4) is 0 Å². The number of guanidine groups is 1. The lowest BCUT2D eigenvalue weighted by Gasteiger charge is -2.22. The van der Waals surface area contributed by atoms with Gasteiger partial charge in [-0.15, -0.1) is 4.40 Å². The van der Waals surface area contributed by atoms with E-state index in [1.54, 1.807) is 12.1 Å². The maximum absolute atomic E-state index is 13.9. The fourth-order valence-electron chi connectivity index (χ4n) is 2.51. The Morgan fingerprint density at radius 1 is 1.20 bits per heavy atom. The highest BCUT2D eigenvalue weighted by molar-refractivity contribution is 7.90. The molecule has 0 fully saturated rings. The quantitative estimate of drug-likeness (QED) is 0.874. The van der Waals surface area contributed by atoms with E-state index < -0.39 is 22.5 Å². The fraction of sp³-hybridized carbons (Fsp3) is 0.125. The number of halogens is 2. The summed E-state index contributed by atoms with van der Waals surface area (Å²) >= 11 is 0. The summed E-state index contributed by atoms with van der Waals surface area (Å²) in [5, 5.41) is 14.5. The monoisotopic (exact) mass is 362 g/mol. The zero-order valence-electron chi connectivity index (χ0n) is 12.8. The number of sulfonamides is 1. The molecule has 0 amide bonds. The summed E-state index contributed by atoms with van der Waals surface area (Å²) < 4.78 is 54.5. The number of benzene rings is 2. The molecule has 2 N–H and O–H groups in total. The van der Waals surface area contributed by atoms with Crippen LogP contribution < -0.4 is 10.6 Å². The Hall–Kier alpha value is -2.99. The molecular formula is C16H12F2N4O2S. The lowest BCUT2D eigenvalue weighted by atomic mass is 9.98. The van der Waals surface area contributed by atoms with E-state index in [1.807, 2.05) is 0 Å². The van der Waals surface area contributed by atoms with Crippen molar-refractivity contribution in [1.82, 2.24) is 5.32 Å². The van der Waals surface area contributed by atoms with Crippen molar-refractivity contribution in [2.24, 2.45) is 4.40 Å². The van der Waals surface area contributed by atoms with Crippen LogP contribution in [0.5, 0.6) is 0 Å². The Labute approximate surface area is 142 Å². The van der Waals surface area contributed by atoms with E-state index in [0.717, 1.165) is 6.07 Å². The Morgan fingerprint density at radius 3 is 2.64 bits per heavy atom. The second-order valence-corrected chi connectivity index (χ2v) is 6.68. The van der Waals surface area contributed by atoms with Crippen molar-refractivity contribution in [2.45, 2.75) is 4.90 Å². The summed E-state index contributed by atoms with van der Waals surface area (Å²) in [6.07, 6.45) is 0. The first-order chi connectivity index (χ1) is 12.0. The Bertz CT molecular complexity index is 1010. The molecule has 128 valence electrons. The van der Waals surface area contributed by atoms with Gasteiger partial charge in [0.2, 0.25) is 5.96 Å². The summed E-state index contributed by atoms with van der Waals surface area (Å²) in [4.78, 5) is -0.107. The van der Waals surface area contributed by atoms with Crippen molar-refractivity contribution < 1.29 is 17.2 Å². The third kappa shape index (κ3) is 3.04. The minimum atomic E-state index is -4.02. The molecule has 9 heteroatoms. The topological polar surface area (TPSA) is 94.3 Å². The van der Waals surface area contributed by atoms with E-state index in [9.17, 15) is 22.5 Å². The first-order valence-corrected chi connectivity index (χ1v) is 8.66. The van der Waals surface area contributed by atoms with Crippen LogP contribution in [0.25, 0.3) is 11.1 Å². The van der Waals surface area contributed by atoms with Gasteiger partial charge in [0.05, 0.1) is 11.3 Å². The van der Waals surface area contributed by atoms with Gasteiger partial charge >= 0.3 is 0 Å². The number of hydrogen-bond acceptors (Lipinski definition) is 5. The third-order valence-electron chi connectivity index (χ3n) is 3.56. The highest BCUT2D eigenvalue weighted by Gasteiger charge is 2.28. The van der Waals surface area contributed by atoms with Crippen molar-refractivity contribution in [3.05, 3.63) is 47.8 Å². The molecule has 0 aliphatic carbocycles. The predicted octanol–water partition coefficient (Wildman–Crippen LogP) is 2.39. The largest absolute Gasteiger partial charge is 0.353 e. The summed E-state index contributed by atoms with van der Waals surface area (Å²) in [6.45, 7) is -0.833. The second-order valence-electron chi connectivity index (χ2n) is 5.11. The Kier molecular flexibility index (Phi) is 4.37. The van der Waals surface area contributed by atoms with E-state index in [2.05, 4.69) is 15.0 Å². The zero-order chi connectivity index (χ0) is 18.0. The van der Waals surface area contributed by atoms with Crippen molar-refractivity contribution in [1.29, 1.82) is 5.26 Å². The van der Waals surface area contributed by atoms with E-state index >= 15 is 0 Å². The third-order valence-corrected chi connectivity index (χ3v) is 4.88. The van der Waals surface area contributed by atoms with Gasteiger partial charge in [0.25, 0.3) is 10.0 Å². The van der Waals surface area contributed by atoms with Gasteiger partial charge in [-0.3, -0.25) is 0 Å². The number of nitriles is 1. The van der Waals surface area contributed by atoms with Gasteiger partial charge in [0.1, 0.15) is 23.5 Å². The number of fused-ring (bicyclic) bond motifs is 1. The van der Waals surface area contributed by atoms with Crippen molar-refractivity contribution in [3.63, 3.8) is 0 Å². The fourth-order valence-corrected chi connectivity index (χ4v) is 3.63. The van der Waals surface area contributed by atoms with Crippen LogP contribution in [-0.2, 0) is 10.0 Å². The Balaban J connectivity index is 2.20. The Morgan fingerprint density at radius 2 is 1.92 bits per heavy atom. The van der Waals surface area contributed by atoms with Crippen LogP contribution in [-0.4, -0.2) is 27.6 Å². The first-order valence-electron chi connectivity index (χ1n) is 7.22. The molecule has 0 unspecified atom stereocenters. The number of nitrogens with one attached hydrogen (secondary N) is 2. The van der Waals surface area contributed by atoms with Gasteiger partial charge < -0.3 is 10.6 Å². The predicted molar refractivity (Wildman–Crippen MR) is 88.8 cm³/mol. The molecule has 6 nitrogen and oxygen atoms in total. The number of rotatable bonds is 3. The number of hydrogen-bond donors (Lipinski definition) is 2. The number of nitrogens with zero attached hydrogens (tertiary/aromatic N) is 2. The molecule has 0 saturated carbocycles. The van der Waals surface area contributed by atoms with Gasteiger partial charge in [0.15, 0.2) is 0 Å². The number of para-hydroxylation sites is 1. The van der Waals surface area contributed by atoms with E-state index in [1.165, 1.54) is 24.3 Å². The smallest absolute Gasteiger partial charge is 0.287 e. The van der Waals surface area contributed by atoms with E-state index in [0.29, 0.717) is 5.56 Å². The van der Waals surface area contributed by atoms with Gasteiger partial charge in [-0.25, -0.2) is 8.78 Å². The molecule has 0 radical (unpaired) electrons. The molecule has 2 aromatic rings. The summed E-state index contributed by atoms with van der Waals surface area (Å²) in [6, 6.07) is 10.3. The van der Waals surface area contributed by atoms with Crippen LogP contribution in [0.15, 0.2) is 45.7 Å². The highest BCUT2D eigenvalue weighted by atomic mass is 32.2. The highest BCUT2D eigenvalue weighted by Crippen LogP contribution is 2.38. The zero-order valence-corrected chi connectivity index (χ0v) is 13.6. The van der Waals surface area contributed by atoms with Crippen LogP contribution >= 0.6 is 0 Å². The molecule has 1 aliphatic rings. The lowest BCUT2D eigenvalue weighted by molar-refractivity contribution is 0.491. The molecule has 1 heterocycles. The van der Waals surface area contributed by atoms with E-state index in [4.69, 9.17) is 0 Å². The molecule has 0 saturated heterocycles. The first kappa shape index (κ1) is 16.9. The minimum absolute atomic E-state index is 0.107. The maximum Gasteiger partial charge on any atom is 0.287 e. The summed E-state index contributed by atoms with van der Waals surface area (Å²) in [5.74, 6) is -0.840. The standard InChI is InChI=1S/C16H12F2N4O2S/c17-7-8-20-16-21-15-11(4-2-6-14(15)25(23,24)22-16)10-3-1-5-13(18)12(10)9-19/h1-6H,7-8H2,(H2,20,21,22). The average Bonchev–Trinajstić information content (AvgIpc) is 2.59. The number of anilines is 1. The van der Waals surface area contributed by atoms with Crippen LogP contribution in [0.1, 0.15) is 5.56 Å². The van der Waals surface area contributed by atoms with Crippen LogP contribution in [0.4, 0.5) is 14.5 Å². The summed E-state index contributed by atoms with van der Waals surface area (Å²) in [7, 11) is -4.02. The van der Waals surface area contributed by atoms with Gasteiger partial charge in [0, 0.05) is 17.7 Å². The molecule has 2 aromatic carbocycles. The summed E-state index contributed by atoms with van der Waals surface area (Å²) in [5.41, 5.74) is 0.525. The molecule has 1 aliphatic heterocycles. The average molecular weight is 362 g/mol. The lowest BCUT2D eigenvalue weighted by Crippen LogP contribution is -2.36. The molecular weight excluding hydrogens is 350 g/mol. The maximum atomic E-state index is 13.9. The van der Waals surface area contributed by atoms with Crippen LogP contribution in [0.2, 0.25) is 0 Å². The molecule has 3 rings (SSSR count). The van der Waals surface area contributed by atoms with Crippen molar-refractivity contribution in [2.75, 3.05) is 18.5 Å². The molecule has 0 spiro atoms. The van der Waals surface area contributed by atoms with Gasteiger partial charge in [-0.2, -0.15) is 13.7 Å². The molecule has 0 aromatic heterocycles. The van der Waals surface area contributed by atoms with Crippen molar-refractivity contribution >= 4 is 21.7 Å². The van der Waals surface area contributed by atoms with Gasteiger partial charge in [-0.1, -0.05) is 24.3 Å². The molecule has 0 atom stereocenters. The SMILES string of the molecule is N#Cc1c(F)cccc1-c1cccc2c1NC(NCCF)=NS2(=O)=O. The van der Waals surface area contributed by atoms with Crippen LogP contribution in [0, 0.1) is 17.1 Å². The molecule has 25 heavy (non-hydrogen) atoms. The van der Waals surface area contributed by atoms with E-state index in [-0.39, 0.29) is 34.2 Å². The molecule has 0 bridgehead atoms. The number of alkyl halides is 1. The second kappa shape index (κ2) is 6.49. The van der Waals surface area contributed by atoms with Crippen molar-refractivity contribution in [3.8, 4) is 17.2 Å². The normalized spacial score (nSPS) is 14.7. The minimum Gasteiger partial charge on any atom is -0.353 e.